The molecule has 0 saturated carbocycles. The van der Waals surface area contributed by atoms with Crippen molar-refractivity contribution in [2.75, 3.05) is 0 Å². The molecule has 2 heteroatoms. The second-order valence-electron chi connectivity index (χ2n) is 15.5. The van der Waals surface area contributed by atoms with Gasteiger partial charge in [-0.25, -0.2) is 0 Å². The first-order chi connectivity index (χ1) is 29.2. The van der Waals surface area contributed by atoms with Crippen LogP contribution in [0.5, 0.6) is 0 Å². The molecule has 0 unspecified atom stereocenters. The zero-order valence-corrected chi connectivity index (χ0v) is 33.3. The van der Waals surface area contributed by atoms with Gasteiger partial charge in [0.25, 0.3) is 0 Å². The number of benzene rings is 10. The van der Waals surface area contributed by atoms with Crippen LogP contribution in [0.4, 0.5) is 0 Å². The van der Waals surface area contributed by atoms with Crippen molar-refractivity contribution in [3.63, 3.8) is 0 Å². The third kappa shape index (κ3) is 5.36. The number of hydrogen-bond donors (Lipinski definition) is 0. The van der Waals surface area contributed by atoms with E-state index in [2.05, 4.69) is 164 Å². The smallest absolute Gasteiger partial charge is 0.171 e. The van der Waals surface area contributed by atoms with E-state index in [9.17, 15) is 0 Å². The molecule has 0 heterocycles. The molecule has 1 nitrogen and oxygen atoms in total. The number of hydrogen-bond acceptors (Lipinski definition) is 1. The maximum absolute atomic E-state index is 15.0. The molecule has 0 aromatic heterocycles. The third-order valence-electron chi connectivity index (χ3n) is 12.4. The molecule has 0 aliphatic heterocycles. The predicted molar refractivity (Wildman–Crippen MR) is 249 cm³/mol. The summed E-state index contributed by atoms with van der Waals surface area (Å²) in [4.78, 5) is 0. The molecule has 1 aliphatic rings. The Labute approximate surface area is 345 Å². The van der Waals surface area contributed by atoms with Gasteiger partial charge < -0.3 is 4.57 Å². The molecular formula is C57H39OP. The van der Waals surface area contributed by atoms with Gasteiger partial charge in [0.2, 0.25) is 0 Å². The highest BCUT2D eigenvalue weighted by molar-refractivity contribution is 7.85. The SMILES string of the molecule is O=P(c1ccccc1)(c1ccccc1)c1ccc(-c2ccc(-c3c4ccccc4c4c5c(cccc35)C(c3ccccc3)(c3ccccc3)c3ccccc3-4)cc2)cc1. The van der Waals surface area contributed by atoms with E-state index in [1.54, 1.807) is 0 Å². The van der Waals surface area contributed by atoms with Crippen LogP contribution in [0, 0.1) is 0 Å². The highest BCUT2D eigenvalue weighted by atomic mass is 31.2. The molecule has 0 fully saturated rings. The van der Waals surface area contributed by atoms with E-state index < -0.39 is 12.6 Å². The van der Waals surface area contributed by atoms with Gasteiger partial charge in [-0.05, 0) is 77.2 Å². The highest BCUT2D eigenvalue weighted by Crippen LogP contribution is 2.58. The molecule has 278 valence electrons. The van der Waals surface area contributed by atoms with Gasteiger partial charge >= 0.3 is 0 Å². The van der Waals surface area contributed by atoms with Crippen molar-refractivity contribution in [2.24, 2.45) is 0 Å². The van der Waals surface area contributed by atoms with E-state index in [1.807, 2.05) is 72.8 Å². The molecule has 10 aromatic rings. The summed E-state index contributed by atoms with van der Waals surface area (Å²) in [6.45, 7) is 0. The van der Waals surface area contributed by atoms with Gasteiger partial charge in [0.1, 0.15) is 0 Å². The largest absolute Gasteiger partial charge is 0.309 e. The lowest BCUT2D eigenvalue weighted by Crippen LogP contribution is -2.33. The van der Waals surface area contributed by atoms with E-state index >= 15 is 4.57 Å². The molecule has 0 spiro atoms. The zero-order chi connectivity index (χ0) is 39.4. The van der Waals surface area contributed by atoms with Crippen LogP contribution in [0.2, 0.25) is 0 Å². The first-order valence-electron chi connectivity index (χ1n) is 20.3. The molecule has 1 aliphatic carbocycles. The van der Waals surface area contributed by atoms with Crippen LogP contribution in [0.3, 0.4) is 0 Å². The van der Waals surface area contributed by atoms with E-state index in [0.717, 1.165) is 27.0 Å². The van der Waals surface area contributed by atoms with Crippen LogP contribution in [0.1, 0.15) is 22.3 Å². The monoisotopic (exact) mass is 770 g/mol. The normalized spacial score (nSPS) is 12.9. The molecule has 0 atom stereocenters. The maximum Gasteiger partial charge on any atom is 0.171 e. The minimum absolute atomic E-state index is 0.521. The Hall–Kier alpha value is -7.05. The molecule has 0 N–H and O–H groups in total. The molecule has 10 aromatic carbocycles. The topological polar surface area (TPSA) is 17.1 Å². The van der Waals surface area contributed by atoms with Crippen LogP contribution < -0.4 is 15.9 Å². The van der Waals surface area contributed by atoms with E-state index in [1.165, 1.54) is 66.1 Å². The molecule has 0 saturated heterocycles. The van der Waals surface area contributed by atoms with Crippen molar-refractivity contribution in [1.82, 2.24) is 0 Å². The Morgan fingerprint density at radius 3 is 1.29 bits per heavy atom. The fraction of sp³-hybridized carbons (Fsp3) is 0.0175. The summed E-state index contributed by atoms with van der Waals surface area (Å²) >= 11 is 0. The fourth-order valence-corrected chi connectivity index (χ4v) is 12.5. The second kappa shape index (κ2) is 14.1. The van der Waals surface area contributed by atoms with Crippen LogP contribution in [0.25, 0.3) is 54.9 Å². The standard InChI is InChI=1S/C57H39OP/c58-59(45-22-9-3-10-23-45,46-24-11-4-12-25-46)47-38-36-41(37-39-47)40-32-34-42(35-33-40)54-48-26-13-14-27-49(48)55-50-28-15-16-30-52(50)57(43-18-5-1-6-19-43,44-20-7-2-8-21-44)53-31-17-29-51(54)56(53)55/h1-39H. The van der Waals surface area contributed by atoms with Gasteiger partial charge in [-0.2, -0.15) is 0 Å². The fourth-order valence-electron chi connectivity index (χ4n) is 9.89. The van der Waals surface area contributed by atoms with Crippen LogP contribution >= 0.6 is 7.14 Å². The van der Waals surface area contributed by atoms with Gasteiger partial charge in [-0.15, -0.1) is 0 Å². The summed E-state index contributed by atoms with van der Waals surface area (Å²) in [6, 6.07) is 84.1. The average molecular weight is 771 g/mol. The second-order valence-corrected chi connectivity index (χ2v) is 18.2. The van der Waals surface area contributed by atoms with Gasteiger partial charge in [0.05, 0.1) is 5.41 Å². The molecule has 0 radical (unpaired) electrons. The lowest BCUT2D eigenvalue weighted by Gasteiger charge is -2.42. The first kappa shape index (κ1) is 35.1. The summed E-state index contributed by atoms with van der Waals surface area (Å²) in [5.74, 6) is 0. The van der Waals surface area contributed by atoms with Crippen LogP contribution in [-0.2, 0) is 9.98 Å². The molecular weight excluding hydrogens is 732 g/mol. The van der Waals surface area contributed by atoms with Crippen LogP contribution in [0.15, 0.2) is 237 Å². The molecule has 0 bridgehead atoms. The van der Waals surface area contributed by atoms with Crippen molar-refractivity contribution in [3.05, 3.63) is 259 Å². The summed E-state index contributed by atoms with van der Waals surface area (Å²) in [6.07, 6.45) is 0. The lowest BCUT2D eigenvalue weighted by atomic mass is 9.59. The molecule has 0 amide bonds. The average Bonchev–Trinajstić information content (AvgIpc) is 3.32. The van der Waals surface area contributed by atoms with Crippen molar-refractivity contribution in [1.29, 1.82) is 0 Å². The van der Waals surface area contributed by atoms with E-state index in [-0.39, 0.29) is 0 Å². The third-order valence-corrected chi connectivity index (χ3v) is 15.5. The summed E-state index contributed by atoms with van der Waals surface area (Å²) in [5.41, 5.74) is 11.8. The Bertz CT molecular complexity index is 3110. The van der Waals surface area contributed by atoms with Gasteiger partial charge in [0.15, 0.2) is 7.14 Å². The van der Waals surface area contributed by atoms with Gasteiger partial charge in [0, 0.05) is 15.9 Å². The number of rotatable bonds is 7. The maximum atomic E-state index is 15.0. The van der Waals surface area contributed by atoms with Gasteiger partial charge in [-0.3, -0.25) is 0 Å². The summed E-state index contributed by atoms with van der Waals surface area (Å²) in [7, 11) is -3.06. The minimum atomic E-state index is -3.06. The lowest BCUT2D eigenvalue weighted by molar-refractivity contribution is 0.592. The van der Waals surface area contributed by atoms with Crippen molar-refractivity contribution in [3.8, 4) is 33.4 Å². The quantitative estimate of drug-likeness (QED) is 0.117. The van der Waals surface area contributed by atoms with Crippen LogP contribution in [-0.4, -0.2) is 0 Å². The van der Waals surface area contributed by atoms with Gasteiger partial charge in [-0.1, -0.05) is 237 Å². The van der Waals surface area contributed by atoms with Crippen molar-refractivity contribution >= 4 is 44.6 Å². The zero-order valence-electron chi connectivity index (χ0n) is 32.4. The number of fused-ring (bicyclic) bond motifs is 4. The Balaban J connectivity index is 1.09. The van der Waals surface area contributed by atoms with E-state index in [0.29, 0.717) is 0 Å². The first-order valence-corrected chi connectivity index (χ1v) is 22.0. The Morgan fingerprint density at radius 1 is 0.305 bits per heavy atom. The summed E-state index contributed by atoms with van der Waals surface area (Å²) < 4.78 is 15.0. The van der Waals surface area contributed by atoms with E-state index in [4.69, 9.17) is 0 Å². The minimum Gasteiger partial charge on any atom is -0.309 e. The Kier molecular flexibility index (Phi) is 8.40. The molecule has 59 heavy (non-hydrogen) atoms. The summed E-state index contributed by atoms with van der Waals surface area (Å²) in [5, 5.41) is 7.54. The van der Waals surface area contributed by atoms with Crippen molar-refractivity contribution in [2.45, 2.75) is 5.41 Å². The molecule has 11 rings (SSSR count). The predicted octanol–water partition coefficient (Wildman–Crippen LogP) is 13.3. The van der Waals surface area contributed by atoms with Crippen molar-refractivity contribution < 1.29 is 4.57 Å². The Morgan fingerprint density at radius 2 is 0.712 bits per heavy atom. The highest BCUT2D eigenvalue weighted by Gasteiger charge is 2.44.